The first-order valence-corrected chi connectivity index (χ1v) is 4.83. The van der Waals surface area contributed by atoms with Gasteiger partial charge in [0.2, 0.25) is 0 Å². The summed E-state index contributed by atoms with van der Waals surface area (Å²) < 4.78 is 9.74. The number of carbonyl (C=O) groups excluding carboxylic acids is 1. The second-order valence-electron chi connectivity index (χ2n) is 3.82. The van der Waals surface area contributed by atoms with Crippen LogP contribution < -0.4 is 5.32 Å². The summed E-state index contributed by atoms with van der Waals surface area (Å²) in [6.07, 6.45) is 0.911. The Kier molecular flexibility index (Phi) is 5.72. The summed E-state index contributed by atoms with van der Waals surface area (Å²) in [7, 11) is 3.04. The maximum absolute atomic E-state index is 11.4. The van der Waals surface area contributed by atoms with E-state index in [1.165, 1.54) is 7.11 Å². The van der Waals surface area contributed by atoms with E-state index in [1.807, 2.05) is 6.92 Å². The van der Waals surface area contributed by atoms with Gasteiger partial charge >= 0.3 is 5.97 Å². The van der Waals surface area contributed by atoms with Gasteiger partial charge in [-0.2, -0.15) is 0 Å². The minimum atomic E-state index is -0.659. The topological polar surface area (TPSA) is 47.6 Å². The monoisotopic (exact) mass is 203 g/mol. The Bertz CT molecular complexity index is 180. The molecule has 0 aromatic heterocycles. The first kappa shape index (κ1) is 13.4. The fourth-order valence-electron chi connectivity index (χ4n) is 1.29. The third-order valence-electron chi connectivity index (χ3n) is 2.12. The standard InChI is InChI=1S/C10H21NO3/c1-6-8(7-13-4)11-10(2,3)9(12)14-5/h8,11H,6-7H2,1-5H3. The Morgan fingerprint density at radius 1 is 1.43 bits per heavy atom. The minimum Gasteiger partial charge on any atom is -0.468 e. The van der Waals surface area contributed by atoms with Crippen molar-refractivity contribution in [2.24, 2.45) is 0 Å². The molecule has 0 amide bonds. The smallest absolute Gasteiger partial charge is 0.325 e. The van der Waals surface area contributed by atoms with E-state index in [2.05, 4.69) is 5.32 Å². The zero-order valence-corrected chi connectivity index (χ0v) is 9.72. The lowest BCUT2D eigenvalue weighted by Gasteiger charge is -2.28. The van der Waals surface area contributed by atoms with Crippen LogP contribution in [-0.4, -0.2) is 38.4 Å². The number of rotatable bonds is 6. The molecule has 0 aromatic carbocycles. The molecular weight excluding hydrogens is 182 g/mol. The average Bonchev–Trinajstić information content (AvgIpc) is 2.15. The number of hydrogen-bond donors (Lipinski definition) is 1. The Balaban J connectivity index is 4.23. The molecule has 0 heterocycles. The van der Waals surface area contributed by atoms with Crippen molar-refractivity contribution in [1.82, 2.24) is 5.32 Å². The van der Waals surface area contributed by atoms with Crippen LogP contribution in [0.25, 0.3) is 0 Å². The molecular formula is C10H21NO3. The molecule has 1 N–H and O–H groups in total. The van der Waals surface area contributed by atoms with E-state index in [1.54, 1.807) is 21.0 Å². The first-order valence-electron chi connectivity index (χ1n) is 4.83. The maximum atomic E-state index is 11.4. The van der Waals surface area contributed by atoms with Crippen molar-refractivity contribution in [1.29, 1.82) is 0 Å². The van der Waals surface area contributed by atoms with Gasteiger partial charge in [0.15, 0.2) is 0 Å². The average molecular weight is 203 g/mol. The molecule has 0 bridgehead atoms. The van der Waals surface area contributed by atoms with Gasteiger partial charge in [-0.05, 0) is 20.3 Å². The molecule has 4 nitrogen and oxygen atoms in total. The highest BCUT2D eigenvalue weighted by atomic mass is 16.5. The fourth-order valence-corrected chi connectivity index (χ4v) is 1.29. The van der Waals surface area contributed by atoms with Crippen molar-refractivity contribution in [2.45, 2.75) is 38.8 Å². The van der Waals surface area contributed by atoms with Gasteiger partial charge in [-0.25, -0.2) is 0 Å². The number of nitrogens with one attached hydrogen (secondary N) is 1. The highest BCUT2D eigenvalue weighted by Crippen LogP contribution is 2.07. The van der Waals surface area contributed by atoms with Crippen LogP contribution >= 0.6 is 0 Å². The quantitative estimate of drug-likeness (QED) is 0.653. The normalized spacial score (nSPS) is 13.8. The van der Waals surface area contributed by atoms with Crippen LogP contribution in [0.5, 0.6) is 0 Å². The molecule has 0 saturated heterocycles. The summed E-state index contributed by atoms with van der Waals surface area (Å²) in [5, 5.41) is 3.20. The van der Waals surface area contributed by atoms with Crippen LogP contribution in [0.4, 0.5) is 0 Å². The van der Waals surface area contributed by atoms with Crippen molar-refractivity contribution in [3.8, 4) is 0 Å². The predicted molar refractivity (Wildman–Crippen MR) is 55.2 cm³/mol. The van der Waals surface area contributed by atoms with Crippen LogP contribution in [0, 0.1) is 0 Å². The Labute approximate surface area is 86.0 Å². The predicted octanol–water partition coefficient (Wildman–Crippen LogP) is 0.953. The van der Waals surface area contributed by atoms with Crippen LogP contribution in [-0.2, 0) is 14.3 Å². The summed E-state index contributed by atoms with van der Waals surface area (Å²) in [4.78, 5) is 11.4. The zero-order valence-electron chi connectivity index (χ0n) is 9.72. The van der Waals surface area contributed by atoms with Crippen molar-refractivity contribution >= 4 is 5.97 Å². The number of carbonyl (C=O) groups is 1. The van der Waals surface area contributed by atoms with Gasteiger partial charge in [0.25, 0.3) is 0 Å². The number of hydrogen-bond acceptors (Lipinski definition) is 4. The summed E-state index contributed by atoms with van der Waals surface area (Å²) in [5.41, 5.74) is -0.659. The maximum Gasteiger partial charge on any atom is 0.325 e. The molecule has 0 aliphatic heterocycles. The van der Waals surface area contributed by atoms with Gasteiger partial charge < -0.3 is 9.47 Å². The molecule has 0 fully saturated rings. The summed E-state index contributed by atoms with van der Waals surface area (Å²) in [6, 6.07) is 0.175. The molecule has 0 radical (unpaired) electrons. The molecule has 0 aromatic rings. The zero-order chi connectivity index (χ0) is 11.2. The third kappa shape index (κ3) is 4.07. The molecule has 0 aliphatic rings. The lowest BCUT2D eigenvalue weighted by molar-refractivity contribution is -0.147. The molecule has 0 spiro atoms. The Morgan fingerprint density at radius 3 is 2.36 bits per heavy atom. The van der Waals surface area contributed by atoms with E-state index in [-0.39, 0.29) is 12.0 Å². The molecule has 0 aliphatic carbocycles. The molecule has 1 atom stereocenters. The van der Waals surface area contributed by atoms with Crippen molar-refractivity contribution in [3.63, 3.8) is 0 Å². The van der Waals surface area contributed by atoms with Gasteiger partial charge in [-0.1, -0.05) is 6.92 Å². The number of methoxy groups -OCH3 is 2. The van der Waals surface area contributed by atoms with E-state index < -0.39 is 5.54 Å². The second-order valence-corrected chi connectivity index (χ2v) is 3.82. The van der Waals surface area contributed by atoms with E-state index in [9.17, 15) is 4.79 Å². The molecule has 4 heteroatoms. The number of esters is 1. The third-order valence-corrected chi connectivity index (χ3v) is 2.12. The van der Waals surface area contributed by atoms with Gasteiger partial charge in [-0.3, -0.25) is 10.1 Å². The van der Waals surface area contributed by atoms with Crippen LogP contribution in [0.3, 0.4) is 0 Å². The van der Waals surface area contributed by atoms with Gasteiger partial charge in [0.1, 0.15) is 5.54 Å². The number of ether oxygens (including phenoxy) is 2. The molecule has 14 heavy (non-hydrogen) atoms. The summed E-state index contributed by atoms with van der Waals surface area (Å²) in [6.45, 7) is 6.25. The van der Waals surface area contributed by atoms with E-state index in [4.69, 9.17) is 9.47 Å². The first-order chi connectivity index (χ1) is 6.47. The summed E-state index contributed by atoms with van der Waals surface area (Å²) in [5.74, 6) is -0.257. The largest absolute Gasteiger partial charge is 0.468 e. The highest BCUT2D eigenvalue weighted by Gasteiger charge is 2.30. The van der Waals surface area contributed by atoms with E-state index in [0.29, 0.717) is 6.61 Å². The fraction of sp³-hybridized carbons (Fsp3) is 0.900. The van der Waals surface area contributed by atoms with Gasteiger partial charge in [0.05, 0.1) is 13.7 Å². The molecule has 84 valence electrons. The van der Waals surface area contributed by atoms with Crippen LogP contribution in [0.1, 0.15) is 27.2 Å². The highest BCUT2D eigenvalue weighted by molar-refractivity contribution is 5.79. The lowest BCUT2D eigenvalue weighted by atomic mass is 10.0. The molecule has 1 unspecified atom stereocenters. The Morgan fingerprint density at radius 2 is 2.00 bits per heavy atom. The van der Waals surface area contributed by atoms with Gasteiger partial charge in [0, 0.05) is 13.2 Å². The minimum absolute atomic E-state index is 0.175. The van der Waals surface area contributed by atoms with Crippen molar-refractivity contribution < 1.29 is 14.3 Å². The van der Waals surface area contributed by atoms with Crippen molar-refractivity contribution in [2.75, 3.05) is 20.8 Å². The van der Waals surface area contributed by atoms with Crippen LogP contribution in [0.15, 0.2) is 0 Å². The van der Waals surface area contributed by atoms with Crippen LogP contribution in [0.2, 0.25) is 0 Å². The second kappa shape index (κ2) is 5.98. The SMILES string of the molecule is CCC(COC)NC(C)(C)C(=O)OC. The van der Waals surface area contributed by atoms with Gasteiger partial charge in [-0.15, -0.1) is 0 Å². The van der Waals surface area contributed by atoms with E-state index in [0.717, 1.165) is 6.42 Å². The molecule has 0 rings (SSSR count). The lowest BCUT2D eigenvalue weighted by Crippen LogP contribution is -2.53. The molecule has 0 saturated carbocycles. The van der Waals surface area contributed by atoms with Crippen molar-refractivity contribution in [3.05, 3.63) is 0 Å². The van der Waals surface area contributed by atoms with E-state index >= 15 is 0 Å². The Hall–Kier alpha value is -0.610. The summed E-state index contributed by atoms with van der Waals surface area (Å²) >= 11 is 0.